The highest BCUT2D eigenvalue weighted by Crippen LogP contribution is 2.19. The summed E-state index contributed by atoms with van der Waals surface area (Å²) in [6.07, 6.45) is 81.1. The maximum Gasteiger partial charge on any atom is 0.306 e. The molecule has 78 heavy (non-hydrogen) atoms. The standard InChI is InChI=1S/C72H138O6/c1-4-7-10-13-16-19-22-25-27-29-31-32-33-34-35-36-37-38-39-40-41-43-44-47-50-53-56-59-62-65-71(74)77-68-69(67-76-70(73)64-61-58-55-52-49-46-24-21-18-15-12-9-6-3)78-72(75)66-63-60-57-54-51-48-45-42-30-28-26-23-20-17-14-11-8-5-2/h21,24,69H,4-20,22-23,25-68H2,1-3H3/b24-21-. The summed E-state index contributed by atoms with van der Waals surface area (Å²) >= 11 is 0. The van der Waals surface area contributed by atoms with Crippen LogP contribution >= 0.6 is 0 Å². The fraction of sp³-hybridized carbons (Fsp3) is 0.931. The molecule has 1 atom stereocenters. The Hall–Kier alpha value is -1.85. The molecule has 0 spiro atoms. The van der Waals surface area contributed by atoms with Gasteiger partial charge in [-0.2, -0.15) is 0 Å². The molecule has 1 unspecified atom stereocenters. The van der Waals surface area contributed by atoms with Crippen molar-refractivity contribution in [1.82, 2.24) is 0 Å². The van der Waals surface area contributed by atoms with Crippen molar-refractivity contribution in [2.24, 2.45) is 0 Å². The van der Waals surface area contributed by atoms with Crippen molar-refractivity contribution in [3.05, 3.63) is 12.2 Å². The quantitative estimate of drug-likeness (QED) is 0.0261. The third kappa shape index (κ3) is 65.0. The lowest BCUT2D eigenvalue weighted by molar-refractivity contribution is -0.167. The van der Waals surface area contributed by atoms with E-state index in [2.05, 4.69) is 32.9 Å². The Bertz CT molecular complexity index is 1210. The molecule has 0 aromatic carbocycles. The second-order valence-electron chi connectivity index (χ2n) is 24.5. The molecule has 0 radical (unpaired) electrons. The fourth-order valence-electron chi connectivity index (χ4n) is 11.2. The van der Waals surface area contributed by atoms with Gasteiger partial charge in [-0.3, -0.25) is 14.4 Å². The third-order valence-corrected chi connectivity index (χ3v) is 16.5. The minimum atomic E-state index is -0.769. The van der Waals surface area contributed by atoms with Crippen LogP contribution in [-0.4, -0.2) is 37.2 Å². The predicted molar refractivity (Wildman–Crippen MR) is 340 cm³/mol. The predicted octanol–water partition coefficient (Wildman–Crippen LogP) is 24.4. The number of hydrogen-bond donors (Lipinski definition) is 0. The summed E-state index contributed by atoms with van der Waals surface area (Å²) in [7, 11) is 0. The first-order valence-corrected chi connectivity index (χ1v) is 35.7. The van der Waals surface area contributed by atoms with E-state index >= 15 is 0 Å². The SMILES string of the molecule is CCCCCC/C=C\CCCCCCCC(=O)OCC(COC(=O)CCCCCCCCCCCCCCCCCCCCCCCCCCCCCCC)OC(=O)CCCCCCCCCCCCCCCCCCCC. The monoisotopic (exact) mass is 1100 g/mol. The Kier molecular flexibility index (Phi) is 66.0. The van der Waals surface area contributed by atoms with E-state index in [0.29, 0.717) is 19.3 Å². The molecule has 0 amide bonds. The summed E-state index contributed by atoms with van der Waals surface area (Å²) in [6, 6.07) is 0. The van der Waals surface area contributed by atoms with Crippen LogP contribution in [0.1, 0.15) is 412 Å². The number of carbonyl (C=O) groups is 3. The molecular weight excluding hydrogens is 961 g/mol. The van der Waals surface area contributed by atoms with Crippen molar-refractivity contribution in [3.8, 4) is 0 Å². The first-order chi connectivity index (χ1) is 38.5. The molecule has 0 aliphatic heterocycles. The lowest BCUT2D eigenvalue weighted by Gasteiger charge is -2.18. The van der Waals surface area contributed by atoms with Crippen LogP contribution in [0.4, 0.5) is 0 Å². The third-order valence-electron chi connectivity index (χ3n) is 16.5. The molecule has 0 bridgehead atoms. The van der Waals surface area contributed by atoms with Crippen LogP contribution in [0.3, 0.4) is 0 Å². The van der Waals surface area contributed by atoms with E-state index in [9.17, 15) is 14.4 Å². The molecule has 6 nitrogen and oxygen atoms in total. The van der Waals surface area contributed by atoms with Crippen LogP contribution in [-0.2, 0) is 28.6 Å². The minimum Gasteiger partial charge on any atom is -0.462 e. The van der Waals surface area contributed by atoms with E-state index in [1.165, 1.54) is 308 Å². The lowest BCUT2D eigenvalue weighted by Crippen LogP contribution is -2.30. The molecule has 6 heteroatoms. The van der Waals surface area contributed by atoms with Gasteiger partial charge in [0.15, 0.2) is 6.10 Å². The van der Waals surface area contributed by atoms with Gasteiger partial charge >= 0.3 is 17.9 Å². The second kappa shape index (κ2) is 67.7. The van der Waals surface area contributed by atoms with Crippen molar-refractivity contribution in [2.45, 2.75) is 419 Å². The van der Waals surface area contributed by atoms with Gasteiger partial charge in [-0.05, 0) is 44.9 Å². The molecule has 0 rings (SSSR count). The topological polar surface area (TPSA) is 78.9 Å². The zero-order valence-electron chi connectivity index (χ0n) is 53.2. The molecule has 0 saturated carbocycles. The fourth-order valence-corrected chi connectivity index (χ4v) is 11.2. The van der Waals surface area contributed by atoms with Gasteiger partial charge in [0.25, 0.3) is 0 Å². The normalized spacial score (nSPS) is 12.0. The molecule has 0 fully saturated rings. The van der Waals surface area contributed by atoms with Crippen molar-refractivity contribution in [2.75, 3.05) is 13.2 Å². The Labute approximate surface area is 488 Å². The van der Waals surface area contributed by atoms with Crippen LogP contribution in [0.25, 0.3) is 0 Å². The van der Waals surface area contributed by atoms with E-state index in [0.717, 1.165) is 64.2 Å². The van der Waals surface area contributed by atoms with Crippen molar-refractivity contribution < 1.29 is 28.6 Å². The average Bonchev–Trinajstić information content (AvgIpc) is 3.44. The number of carbonyl (C=O) groups excluding carboxylic acids is 3. The number of allylic oxidation sites excluding steroid dienone is 2. The molecule has 0 aromatic heterocycles. The molecule has 0 saturated heterocycles. The van der Waals surface area contributed by atoms with E-state index in [4.69, 9.17) is 14.2 Å². The molecule has 0 N–H and O–H groups in total. The number of rotatable bonds is 67. The molecule has 0 aliphatic rings. The van der Waals surface area contributed by atoms with Crippen LogP contribution in [0.5, 0.6) is 0 Å². The van der Waals surface area contributed by atoms with Crippen molar-refractivity contribution >= 4 is 17.9 Å². The van der Waals surface area contributed by atoms with Crippen molar-refractivity contribution in [3.63, 3.8) is 0 Å². The average molecular weight is 1100 g/mol. The summed E-state index contributed by atoms with van der Waals surface area (Å²) < 4.78 is 17.0. The van der Waals surface area contributed by atoms with Crippen LogP contribution in [0.15, 0.2) is 12.2 Å². The summed E-state index contributed by atoms with van der Waals surface area (Å²) in [5.74, 6) is -0.841. The molecular formula is C72H138O6. The summed E-state index contributed by atoms with van der Waals surface area (Å²) in [4.78, 5) is 38.4. The first kappa shape index (κ1) is 76.1. The zero-order chi connectivity index (χ0) is 56.4. The van der Waals surface area contributed by atoms with Gasteiger partial charge in [0.05, 0.1) is 0 Å². The van der Waals surface area contributed by atoms with Gasteiger partial charge in [-0.25, -0.2) is 0 Å². The van der Waals surface area contributed by atoms with Crippen LogP contribution in [0.2, 0.25) is 0 Å². The van der Waals surface area contributed by atoms with Crippen molar-refractivity contribution in [1.29, 1.82) is 0 Å². The van der Waals surface area contributed by atoms with Gasteiger partial charge in [-0.1, -0.05) is 360 Å². The van der Waals surface area contributed by atoms with Gasteiger partial charge in [0, 0.05) is 19.3 Å². The maximum atomic E-state index is 12.9. The van der Waals surface area contributed by atoms with Gasteiger partial charge in [-0.15, -0.1) is 0 Å². The van der Waals surface area contributed by atoms with Gasteiger partial charge in [0.2, 0.25) is 0 Å². The lowest BCUT2D eigenvalue weighted by atomic mass is 10.0. The second-order valence-corrected chi connectivity index (χ2v) is 24.5. The highest BCUT2D eigenvalue weighted by atomic mass is 16.6. The van der Waals surface area contributed by atoms with E-state index in [1.807, 2.05) is 0 Å². The highest BCUT2D eigenvalue weighted by molar-refractivity contribution is 5.71. The molecule has 0 heterocycles. The van der Waals surface area contributed by atoms with E-state index in [-0.39, 0.29) is 31.1 Å². The van der Waals surface area contributed by atoms with E-state index in [1.54, 1.807) is 0 Å². The molecule has 0 aliphatic carbocycles. The first-order valence-electron chi connectivity index (χ1n) is 35.7. The Morgan fingerprint density at radius 3 is 0.654 bits per heavy atom. The number of unbranched alkanes of at least 4 members (excludes halogenated alkanes) is 54. The van der Waals surface area contributed by atoms with Crippen LogP contribution < -0.4 is 0 Å². The largest absolute Gasteiger partial charge is 0.462 e. The van der Waals surface area contributed by atoms with Gasteiger partial charge in [0.1, 0.15) is 13.2 Å². The summed E-state index contributed by atoms with van der Waals surface area (Å²) in [5, 5.41) is 0. The Balaban J connectivity index is 4.14. The molecule has 462 valence electrons. The summed E-state index contributed by atoms with van der Waals surface area (Å²) in [6.45, 7) is 6.71. The van der Waals surface area contributed by atoms with Gasteiger partial charge < -0.3 is 14.2 Å². The number of ether oxygens (including phenoxy) is 3. The minimum absolute atomic E-state index is 0.0657. The zero-order valence-corrected chi connectivity index (χ0v) is 53.2. The number of hydrogen-bond acceptors (Lipinski definition) is 6. The Morgan fingerprint density at radius 1 is 0.244 bits per heavy atom. The van der Waals surface area contributed by atoms with Crippen LogP contribution in [0, 0.1) is 0 Å². The smallest absolute Gasteiger partial charge is 0.306 e. The van der Waals surface area contributed by atoms with E-state index < -0.39 is 6.10 Å². The maximum absolute atomic E-state index is 12.9. The highest BCUT2D eigenvalue weighted by Gasteiger charge is 2.19. The molecule has 0 aromatic rings. The Morgan fingerprint density at radius 2 is 0.423 bits per heavy atom. The summed E-state index contributed by atoms with van der Waals surface area (Å²) in [5.41, 5.74) is 0. The number of esters is 3.